The van der Waals surface area contributed by atoms with E-state index in [0.29, 0.717) is 34.0 Å². The van der Waals surface area contributed by atoms with Crippen LogP contribution < -0.4 is 10.1 Å². The summed E-state index contributed by atoms with van der Waals surface area (Å²) in [6.45, 7) is 1.81. The first-order valence-corrected chi connectivity index (χ1v) is 12.9. The van der Waals surface area contributed by atoms with Gasteiger partial charge in [-0.05, 0) is 66.6 Å². The number of anilines is 1. The van der Waals surface area contributed by atoms with E-state index in [-0.39, 0.29) is 16.8 Å². The lowest BCUT2D eigenvalue weighted by atomic mass is 9.99. The highest BCUT2D eigenvalue weighted by atomic mass is 32.2. The van der Waals surface area contributed by atoms with Gasteiger partial charge in [0.25, 0.3) is 0 Å². The number of aromatic nitrogens is 1. The number of benzene rings is 3. The van der Waals surface area contributed by atoms with Crippen LogP contribution in [0.5, 0.6) is 5.75 Å². The van der Waals surface area contributed by atoms with Crippen LogP contribution in [0, 0.1) is 17.1 Å². The summed E-state index contributed by atoms with van der Waals surface area (Å²) in [5.74, 6) is -1.37. The van der Waals surface area contributed by atoms with Crippen LogP contribution in [0.1, 0.15) is 29.3 Å². The molecule has 3 aromatic carbocycles. The standard InChI is InChI=1S/C30H24FN3O4S/c1-3-27(28(35)33-25-10-5-4-9-22(25)30(36)37)39-29-24(17-32)23(19-7-6-8-20(31)15-19)16-26(34-29)18-11-13-21(38-2)14-12-18/h4-16,27H,3H2,1-2H3,(H,33,35)(H,36,37). The summed E-state index contributed by atoms with van der Waals surface area (Å²) in [5, 5.41) is 21.9. The molecule has 2 N–H and O–H groups in total. The number of amides is 1. The fourth-order valence-electron chi connectivity index (χ4n) is 3.96. The van der Waals surface area contributed by atoms with Crippen molar-refractivity contribution in [3.63, 3.8) is 0 Å². The van der Waals surface area contributed by atoms with Crippen LogP contribution in [0.4, 0.5) is 10.1 Å². The van der Waals surface area contributed by atoms with Crippen LogP contribution >= 0.6 is 11.8 Å². The average molecular weight is 542 g/mol. The SMILES string of the molecule is CCC(Sc1nc(-c2ccc(OC)cc2)cc(-c2cccc(F)c2)c1C#N)C(=O)Nc1ccccc1C(=O)O. The molecule has 7 nitrogen and oxygen atoms in total. The Balaban J connectivity index is 1.77. The zero-order valence-electron chi connectivity index (χ0n) is 21.1. The van der Waals surface area contributed by atoms with Gasteiger partial charge >= 0.3 is 5.97 Å². The van der Waals surface area contributed by atoms with Crippen LogP contribution in [-0.4, -0.2) is 34.3 Å². The van der Waals surface area contributed by atoms with E-state index in [0.717, 1.165) is 17.3 Å². The van der Waals surface area contributed by atoms with Gasteiger partial charge in [0.1, 0.15) is 22.7 Å². The van der Waals surface area contributed by atoms with Crippen molar-refractivity contribution in [1.29, 1.82) is 5.26 Å². The topological polar surface area (TPSA) is 112 Å². The van der Waals surface area contributed by atoms with Gasteiger partial charge < -0.3 is 15.2 Å². The molecule has 0 aliphatic rings. The van der Waals surface area contributed by atoms with Gasteiger partial charge in [-0.25, -0.2) is 14.2 Å². The lowest BCUT2D eigenvalue weighted by Gasteiger charge is -2.18. The molecule has 0 aliphatic carbocycles. The molecule has 0 spiro atoms. The molecule has 4 rings (SSSR count). The van der Waals surface area contributed by atoms with Gasteiger partial charge in [0.2, 0.25) is 5.91 Å². The molecule has 0 aliphatic heterocycles. The number of carboxylic acid groups (broad SMARTS) is 1. The van der Waals surface area contributed by atoms with Gasteiger partial charge in [-0.1, -0.05) is 43.0 Å². The van der Waals surface area contributed by atoms with Gasteiger partial charge in [0, 0.05) is 11.1 Å². The van der Waals surface area contributed by atoms with Gasteiger partial charge in [-0.2, -0.15) is 5.26 Å². The third kappa shape index (κ3) is 6.25. The summed E-state index contributed by atoms with van der Waals surface area (Å²) < 4.78 is 19.4. The van der Waals surface area contributed by atoms with E-state index in [1.807, 2.05) is 19.1 Å². The Hall–Kier alpha value is -4.68. The molecule has 0 saturated heterocycles. The summed E-state index contributed by atoms with van der Waals surface area (Å²) in [6.07, 6.45) is 0.375. The molecule has 9 heteroatoms. The zero-order chi connectivity index (χ0) is 27.9. The Morgan fingerprint density at radius 1 is 1.08 bits per heavy atom. The third-order valence-corrected chi connectivity index (χ3v) is 7.30. The minimum Gasteiger partial charge on any atom is -0.497 e. The first kappa shape index (κ1) is 27.4. The Morgan fingerprint density at radius 2 is 1.82 bits per heavy atom. The number of carboxylic acids is 1. The molecular weight excluding hydrogens is 517 g/mol. The van der Waals surface area contributed by atoms with Gasteiger partial charge in [-0.3, -0.25) is 4.79 Å². The first-order valence-electron chi connectivity index (χ1n) is 12.0. The fourth-order valence-corrected chi connectivity index (χ4v) is 4.98. The normalized spacial score (nSPS) is 11.3. The second kappa shape index (κ2) is 12.2. The number of nitrogens with zero attached hydrogens (tertiary/aromatic N) is 2. The molecule has 1 amide bonds. The minimum atomic E-state index is -1.16. The summed E-state index contributed by atoms with van der Waals surface area (Å²) >= 11 is 1.10. The highest BCUT2D eigenvalue weighted by Crippen LogP contribution is 2.37. The monoisotopic (exact) mass is 541 g/mol. The van der Waals surface area contributed by atoms with Gasteiger partial charge in [-0.15, -0.1) is 0 Å². The van der Waals surface area contributed by atoms with Crippen LogP contribution in [0.3, 0.4) is 0 Å². The van der Waals surface area contributed by atoms with Crippen LogP contribution in [0.25, 0.3) is 22.4 Å². The average Bonchev–Trinajstić information content (AvgIpc) is 2.95. The van der Waals surface area contributed by atoms with E-state index in [4.69, 9.17) is 9.72 Å². The minimum absolute atomic E-state index is 0.0311. The van der Waals surface area contributed by atoms with Crippen LogP contribution in [-0.2, 0) is 4.79 Å². The largest absolute Gasteiger partial charge is 0.497 e. The van der Waals surface area contributed by atoms with Gasteiger partial charge in [0.05, 0.1) is 34.9 Å². The number of hydrogen-bond donors (Lipinski definition) is 2. The Labute approximate surface area is 229 Å². The van der Waals surface area contributed by atoms with Crippen molar-refractivity contribution in [2.75, 3.05) is 12.4 Å². The van der Waals surface area contributed by atoms with E-state index in [1.54, 1.807) is 49.6 Å². The van der Waals surface area contributed by atoms with Gasteiger partial charge in [0.15, 0.2) is 0 Å². The molecule has 196 valence electrons. The Bertz CT molecular complexity index is 1570. The first-order chi connectivity index (χ1) is 18.8. The second-order valence-corrected chi connectivity index (χ2v) is 9.63. The van der Waals surface area contributed by atoms with E-state index >= 15 is 0 Å². The Morgan fingerprint density at radius 3 is 2.46 bits per heavy atom. The number of methoxy groups -OCH3 is 1. The number of aromatic carboxylic acids is 1. The van der Waals surface area contributed by atoms with E-state index in [2.05, 4.69) is 11.4 Å². The lowest BCUT2D eigenvalue weighted by Crippen LogP contribution is -2.26. The molecule has 1 unspecified atom stereocenters. The number of rotatable bonds is 9. The van der Waals surface area contributed by atoms with Crippen molar-refractivity contribution < 1.29 is 23.8 Å². The van der Waals surface area contributed by atoms with E-state index in [9.17, 15) is 24.3 Å². The molecule has 0 bridgehead atoms. The number of hydrogen-bond acceptors (Lipinski definition) is 6. The summed E-state index contributed by atoms with van der Waals surface area (Å²) in [6, 6.07) is 23.2. The molecule has 1 atom stereocenters. The highest BCUT2D eigenvalue weighted by molar-refractivity contribution is 8.00. The number of nitrogens with one attached hydrogen (secondary N) is 1. The Kier molecular flexibility index (Phi) is 8.59. The van der Waals surface area contributed by atoms with Crippen LogP contribution in [0.15, 0.2) is 83.9 Å². The number of nitriles is 1. The number of pyridine rings is 1. The quantitative estimate of drug-likeness (QED) is 0.228. The van der Waals surface area contributed by atoms with Crippen molar-refractivity contribution in [2.45, 2.75) is 23.6 Å². The molecule has 1 aromatic heterocycles. The summed E-state index contributed by atoms with van der Waals surface area (Å²) in [7, 11) is 1.57. The number of thioether (sulfide) groups is 1. The van der Waals surface area contributed by atoms with E-state index < -0.39 is 22.9 Å². The maximum atomic E-state index is 14.2. The summed E-state index contributed by atoms with van der Waals surface area (Å²) in [4.78, 5) is 29.6. The molecule has 0 fully saturated rings. The molecule has 4 aromatic rings. The smallest absolute Gasteiger partial charge is 0.337 e. The van der Waals surface area contributed by atoms with Crippen molar-refractivity contribution in [3.05, 3.63) is 95.8 Å². The number of para-hydroxylation sites is 1. The fraction of sp³-hybridized carbons (Fsp3) is 0.133. The summed E-state index contributed by atoms with van der Waals surface area (Å²) in [5.41, 5.74) is 2.61. The number of halogens is 1. The van der Waals surface area contributed by atoms with Crippen molar-refractivity contribution in [2.24, 2.45) is 0 Å². The highest BCUT2D eigenvalue weighted by Gasteiger charge is 2.24. The molecule has 39 heavy (non-hydrogen) atoms. The predicted molar refractivity (Wildman–Crippen MR) is 148 cm³/mol. The van der Waals surface area contributed by atoms with Crippen molar-refractivity contribution >= 4 is 29.3 Å². The number of carbonyl (C=O) groups excluding carboxylic acids is 1. The molecular formula is C30H24FN3O4S. The predicted octanol–water partition coefficient (Wildman–Crippen LogP) is 6.64. The van der Waals surface area contributed by atoms with Crippen molar-refractivity contribution in [1.82, 2.24) is 4.98 Å². The molecule has 0 radical (unpaired) electrons. The van der Waals surface area contributed by atoms with Crippen molar-refractivity contribution in [3.8, 4) is 34.2 Å². The number of ether oxygens (including phenoxy) is 1. The molecule has 1 heterocycles. The van der Waals surface area contributed by atoms with E-state index in [1.165, 1.54) is 24.3 Å². The lowest BCUT2D eigenvalue weighted by molar-refractivity contribution is -0.115. The maximum Gasteiger partial charge on any atom is 0.337 e. The maximum absolute atomic E-state index is 14.2. The third-order valence-electron chi connectivity index (χ3n) is 5.95. The van der Waals surface area contributed by atoms with Crippen LogP contribution in [0.2, 0.25) is 0 Å². The molecule has 0 saturated carbocycles. The number of carbonyl (C=O) groups is 2. The zero-order valence-corrected chi connectivity index (χ0v) is 22.0. The second-order valence-electron chi connectivity index (χ2n) is 8.44.